The first-order valence-electron chi connectivity index (χ1n) is 7.10. The van der Waals surface area contributed by atoms with E-state index in [-0.39, 0.29) is 18.1 Å². The van der Waals surface area contributed by atoms with Crippen molar-refractivity contribution in [2.24, 2.45) is 0 Å². The quantitative estimate of drug-likeness (QED) is 0.705. The Labute approximate surface area is 147 Å². The second kappa shape index (κ2) is 8.11. The van der Waals surface area contributed by atoms with Gasteiger partial charge < -0.3 is 14.2 Å². The highest BCUT2D eigenvalue weighted by Gasteiger charge is 2.30. The van der Waals surface area contributed by atoms with Crippen LogP contribution in [0.2, 0.25) is 5.02 Å². The molecular formula is C17H14ClF3O4. The Morgan fingerprint density at radius 1 is 1.12 bits per heavy atom. The van der Waals surface area contributed by atoms with Crippen molar-refractivity contribution in [1.29, 1.82) is 0 Å². The first kappa shape index (κ1) is 18.9. The van der Waals surface area contributed by atoms with Crippen molar-refractivity contribution in [3.8, 4) is 11.5 Å². The minimum atomic E-state index is -4.43. The van der Waals surface area contributed by atoms with Crippen LogP contribution in [-0.4, -0.2) is 25.8 Å². The molecule has 0 saturated carbocycles. The maximum absolute atomic E-state index is 12.5. The van der Waals surface area contributed by atoms with Crippen LogP contribution in [0.25, 0.3) is 0 Å². The van der Waals surface area contributed by atoms with Gasteiger partial charge in [-0.2, -0.15) is 13.2 Å². The lowest BCUT2D eigenvalue weighted by Gasteiger charge is -2.18. The number of rotatable bonds is 6. The average molecular weight is 375 g/mol. The van der Waals surface area contributed by atoms with Crippen LogP contribution in [0.1, 0.15) is 5.56 Å². The zero-order chi connectivity index (χ0) is 18.4. The van der Waals surface area contributed by atoms with Crippen molar-refractivity contribution < 1.29 is 32.2 Å². The first-order chi connectivity index (χ1) is 11.8. The number of carbonyl (C=O) groups excluding carboxylic acids is 1. The molecule has 134 valence electrons. The van der Waals surface area contributed by atoms with Crippen LogP contribution in [-0.2, 0) is 15.7 Å². The van der Waals surface area contributed by atoms with Gasteiger partial charge >= 0.3 is 12.1 Å². The van der Waals surface area contributed by atoms with Crippen molar-refractivity contribution in [3.63, 3.8) is 0 Å². The minimum absolute atomic E-state index is 0.157. The van der Waals surface area contributed by atoms with E-state index in [1.165, 1.54) is 7.11 Å². The molecule has 1 atom stereocenters. The highest BCUT2D eigenvalue weighted by molar-refractivity contribution is 6.32. The molecule has 0 aromatic heterocycles. The first-order valence-corrected chi connectivity index (χ1v) is 7.48. The van der Waals surface area contributed by atoms with Gasteiger partial charge in [0.25, 0.3) is 0 Å². The Hall–Kier alpha value is -2.41. The smallest absolute Gasteiger partial charge is 0.416 e. The highest BCUT2D eigenvalue weighted by atomic mass is 35.5. The third-order valence-corrected chi connectivity index (χ3v) is 3.47. The number of esters is 1. The summed E-state index contributed by atoms with van der Waals surface area (Å²) in [5, 5.41) is 0.297. The van der Waals surface area contributed by atoms with E-state index in [1.807, 2.05) is 0 Å². The van der Waals surface area contributed by atoms with Crippen LogP contribution < -0.4 is 9.47 Å². The van der Waals surface area contributed by atoms with Crippen LogP contribution in [0.3, 0.4) is 0 Å². The van der Waals surface area contributed by atoms with Crippen molar-refractivity contribution >= 4 is 17.6 Å². The number of alkyl halides is 3. The minimum Gasteiger partial charge on any atom is -0.489 e. The molecule has 2 rings (SSSR count). The summed E-state index contributed by atoms with van der Waals surface area (Å²) in [5.74, 6) is -0.285. The molecule has 0 aliphatic rings. The predicted octanol–water partition coefficient (Wildman–Crippen LogP) is 4.36. The van der Waals surface area contributed by atoms with Gasteiger partial charge in [-0.1, -0.05) is 23.7 Å². The molecule has 8 heteroatoms. The Morgan fingerprint density at radius 3 is 2.32 bits per heavy atom. The van der Waals surface area contributed by atoms with E-state index in [1.54, 1.807) is 24.3 Å². The molecule has 2 aromatic rings. The summed E-state index contributed by atoms with van der Waals surface area (Å²) in [6.45, 7) is -0.261. The van der Waals surface area contributed by atoms with E-state index < -0.39 is 23.8 Å². The molecule has 0 N–H and O–H groups in total. The summed E-state index contributed by atoms with van der Waals surface area (Å²) >= 11 is 5.97. The van der Waals surface area contributed by atoms with Gasteiger partial charge in [0.1, 0.15) is 18.1 Å². The average Bonchev–Trinajstić information content (AvgIpc) is 2.59. The topological polar surface area (TPSA) is 44.8 Å². The maximum atomic E-state index is 12.5. The lowest BCUT2D eigenvalue weighted by atomic mass is 10.2. The molecule has 1 unspecified atom stereocenters. The fourth-order valence-electron chi connectivity index (χ4n) is 1.89. The molecule has 4 nitrogen and oxygen atoms in total. The summed E-state index contributed by atoms with van der Waals surface area (Å²) in [6, 6.07) is 10.6. The summed E-state index contributed by atoms with van der Waals surface area (Å²) in [5.41, 5.74) is -0.795. The Kier molecular flexibility index (Phi) is 6.14. The molecule has 2 aromatic carbocycles. The SMILES string of the molecule is COC(=O)C(COc1ccc(C(F)(F)F)cc1)Oc1ccccc1Cl. The van der Waals surface area contributed by atoms with E-state index in [4.69, 9.17) is 21.1 Å². The second-order valence-electron chi connectivity index (χ2n) is 4.89. The zero-order valence-corrected chi connectivity index (χ0v) is 13.8. The van der Waals surface area contributed by atoms with Crippen molar-refractivity contribution in [3.05, 3.63) is 59.1 Å². The lowest BCUT2D eigenvalue weighted by molar-refractivity contribution is -0.150. The number of hydrogen-bond acceptors (Lipinski definition) is 4. The van der Waals surface area contributed by atoms with Gasteiger partial charge in [0.05, 0.1) is 17.7 Å². The molecular weight excluding hydrogens is 361 g/mol. The number of para-hydroxylation sites is 1. The Balaban J connectivity index is 2.05. The van der Waals surface area contributed by atoms with Crippen LogP contribution in [0.5, 0.6) is 11.5 Å². The van der Waals surface area contributed by atoms with E-state index in [2.05, 4.69) is 4.74 Å². The van der Waals surface area contributed by atoms with Gasteiger partial charge in [-0.15, -0.1) is 0 Å². The Bertz CT molecular complexity index is 717. The molecule has 0 saturated heterocycles. The zero-order valence-electron chi connectivity index (χ0n) is 13.0. The van der Waals surface area contributed by atoms with Gasteiger partial charge in [0, 0.05) is 0 Å². The largest absolute Gasteiger partial charge is 0.489 e. The van der Waals surface area contributed by atoms with Crippen molar-refractivity contribution in [2.45, 2.75) is 12.3 Å². The standard InChI is InChI=1S/C17H14ClF3O4/c1-23-16(22)15(25-14-5-3-2-4-13(14)18)10-24-12-8-6-11(7-9-12)17(19,20)21/h2-9,15H,10H2,1H3. The normalized spacial score (nSPS) is 12.4. The number of methoxy groups -OCH3 is 1. The van der Waals surface area contributed by atoms with Crippen LogP contribution in [0.4, 0.5) is 13.2 Å². The van der Waals surface area contributed by atoms with Gasteiger partial charge in [0.2, 0.25) is 6.10 Å². The third-order valence-electron chi connectivity index (χ3n) is 3.15. The molecule has 0 amide bonds. The van der Waals surface area contributed by atoms with Crippen molar-refractivity contribution in [2.75, 3.05) is 13.7 Å². The second-order valence-corrected chi connectivity index (χ2v) is 5.30. The van der Waals surface area contributed by atoms with Gasteiger partial charge in [0.15, 0.2) is 0 Å². The number of benzene rings is 2. The van der Waals surface area contributed by atoms with E-state index >= 15 is 0 Å². The predicted molar refractivity (Wildman–Crippen MR) is 84.8 cm³/mol. The lowest BCUT2D eigenvalue weighted by Crippen LogP contribution is -2.34. The molecule has 0 heterocycles. The summed E-state index contributed by atoms with van der Waals surface area (Å²) in [7, 11) is 1.18. The molecule has 25 heavy (non-hydrogen) atoms. The van der Waals surface area contributed by atoms with Crippen LogP contribution >= 0.6 is 11.6 Å². The van der Waals surface area contributed by atoms with E-state index in [0.717, 1.165) is 24.3 Å². The summed E-state index contributed by atoms with van der Waals surface area (Å²) in [4.78, 5) is 11.8. The van der Waals surface area contributed by atoms with Crippen LogP contribution in [0.15, 0.2) is 48.5 Å². The van der Waals surface area contributed by atoms with Crippen LogP contribution in [0, 0.1) is 0 Å². The molecule has 0 bridgehead atoms. The Morgan fingerprint density at radius 2 is 1.76 bits per heavy atom. The van der Waals surface area contributed by atoms with E-state index in [9.17, 15) is 18.0 Å². The molecule has 0 radical (unpaired) electrons. The summed E-state index contributed by atoms with van der Waals surface area (Å²) in [6.07, 6.45) is -5.56. The number of ether oxygens (including phenoxy) is 3. The van der Waals surface area contributed by atoms with Gasteiger partial charge in [-0.05, 0) is 36.4 Å². The maximum Gasteiger partial charge on any atom is 0.416 e. The van der Waals surface area contributed by atoms with Gasteiger partial charge in [-0.3, -0.25) is 0 Å². The molecule has 0 aliphatic heterocycles. The third kappa shape index (κ3) is 5.29. The number of hydrogen-bond donors (Lipinski definition) is 0. The number of halogens is 4. The summed E-state index contributed by atoms with van der Waals surface area (Å²) < 4.78 is 53.1. The van der Waals surface area contributed by atoms with Crippen molar-refractivity contribution in [1.82, 2.24) is 0 Å². The monoisotopic (exact) mass is 374 g/mol. The van der Waals surface area contributed by atoms with E-state index in [0.29, 0.717) is 5.02 Å². The molecule has 0 fully saturated rings. The van der Waals surface area contributed by atoms with Gasteiger partial charge in [-0.25, -0.2) is 4.79 Å². The molecule has 0 aliphatic carbocycles. The molecule has 0 spiro atoms. The highest BCUT2D eigenvalue weighted by Crippen LogP contribution is 2.30. The fourth-order valence-corrected chi connectivity index (χ4v) is 2.07. The number of carbonyl (C=O) groups is 1. The fraction of sp³-hybridized carbons (Fsp3) is 0.235.